The van der Waals surface area contributed by atoms with E-state index in [1.165, 1.54) is 77.7 Å². The number of carbonyl (C=O) groups excluding carboxylic acids is 1. The number of rotatable bonds is 16. The summed E-state index contributed by atoms with van der Waals surface area (Å²) in [5.74, 6) is -0.722. The average molecular weight is 357 g/mol. The fraction of sp³-hybridized carbons (Fsp3) is 0.952. The predicted octanol–water partition coefficient (Wildman–Crippen LogP) is 5.77. The molecule has 1 heterocycles. The third kappa shape index (κ3) is 10.9. The molecule has 1 fully saturated rings. The van der Waals surface area contributed by atoms with Crippen LogP contribution in [0.3, 0.4) is 0 Å². The van der Waals surface area contributed by atoms with E-state index in [-0.39, 0.29) is 5.97 Å². The van der Waals surface area contributed by atoms with E-state index in [1.807, 2.05) is 0 Å². The fourth-order valence-corrected chi connectivity index (χ4v) is 3.54. The van der Waals surface area contributed by atoms with Gasteiger partial charge in [0.15, 0.2) is 5.79 Å². The van der Waals surface area contributed by atoms with Gasteiger partial charge in [0.1, 0.15) is 0 Å². The first-order valence-corrected chi connectivity index (χ1v) is 10.6. The maximum Gasteiger partial charge on any atom is 0.305 e. The molecule has 0 N–H and O–H groups in total. The Kier molecular flexibility index (Phi) is 13.1. The van der Waals surface area contributed by atoms with Crippen molar-refractivity contribution in [3.8, 4) is 0 Å². The highest BCUT2D eigenvalue weighted by molar-refractivity contribution is 5.69. The number of carbonyl (C=O) groups is 1. The Morgan fingerprint density at radius 1 is 0.800 bits per heavy atom. The summed E-state index contributed by atoms with van der Waals surface area (Å²) in [6, 6.07) is 0. The number of hydrogen-bond donors (Lipinski definition) is 0. The van der Waals surface area contributed by atoms with Gasteiger partial charge in [-0.2, -0.15) is 0 Å². The summed E-state index contributed by atoms with van der Waals surface area (Å²) in [7, 11) is 1.43. The minimum atomic E-state index is -0.535. The molecule has 0 unspecified atom stereocenters. The predicted molar refractivity (Wildman–Crippen MR) is 102 cm³/mol. The lowest BCUT2D eigenvalue weighted by molar-refractivity contribution is -0.174. The van der Waals surface area contributed by atoms with Crippen LogP contribution in [0.1, 0.15) is 103 Å². The lowest BCUT2D eigenvalue weighted by Crippen LogP contribution is -2.31. The molecule has 0 aromatic carbocycles. The summed E-state index contributed by atoms with van der Waals surface area (Å²) >= 11 is 0. The van der Waals surface area contributed by atoms with Gasteiger partial charge in [0.25, 0.3) is 0 Å². The standard InChI is InChI=1S/C21H40O4/c1-3-4-5-6-7-8-9-10-11-12-13-14-16-21(24-18-19-25-21)17-15-20(22)23-2/h3-19H2,1-2H3. The van der Waals surface area contributed by atoms with Crippen LogP contribution in [0.15, 0.2) is 0 Å². The summed E-state index contributed by atoms with van der Waals surface area (Å²) in [5, 5.41) is 0. The molecule has 0 radical (unpaired) electrons. The van der Waals surface area contributed by atoms with Crippen LogP contribution in [0, 0.1) is 0 Å². The number of esters is 1. The van der Waals surface area contributed by atoms with E-state index in [0.29, 0.717) is 26.1 Å². The molecule has 0 bridgehead atoms. The molecule has 1 aliphatic heterocycles. The van der Waals surface area contributed by atoms with Crippen LogP contribution >= 0.6 is 0 Å². The van der Waals surface area contributed by atoms with Crippen LogP contribution in [-0.2, 0) is 19.0 Å². The van der Waals surface area contributed by atoms with Gasteiger partial charge in [0.2, 0.25) is 0 Å². The van der Waals surface area contributed by atoms with Gasteiger partial charge in [0, 0.05) is 12.8 Å². The summed E-state index contributed by atoms with van der Waals surface area (Å²) in [4.78, 5) is 11.4. The van der Waals surface area contributed by atoms with E-state index in [4.69, 9.17) is 14.2 Å². The molecule has 0 aliphatic carbocycles. The third-order valence-corrected chi connectivity index (χ3v) is 5.16. The third-order valence-electron chi connectivity index (χ3n) is 5.16. The van der Waals surface area contributed by atoms with Gasteiger partial charge in [-0.25, -0.2) is 0 Å². The van der Waals surface area contributed by atoms with Gasteiger partial charge in [-0.15, -0.1) is 0 Å². The Morgan fingerprint density at radius 2 is 1.28 bits per heavy atom. The summed E-state index contributed by atoms with van der Waals surface area (Å²) < 4.78 is 16.3. The normalized spacial score (nSPS) is 16.2. The van der Waals surface area contributed by atoms with Gasteiger partial charge in [-0.05, 0) is 6.42 Å². The Hall–Kier alpha value is -0.610. The maximum absolute atomic E-state index is 11.4. The van der Waals surface area contributed by atoms with Crippen molar-refractivity contribution in [3.05, 3.63) is 0 Å². The molecule has 25 heavy (non-hydrogen) atoms. The van der Waals surface area contributed by atoms with Crippen LogP contribution < -0.4 is 0 Å². The minimum absolute atomic E-state index is 0.187. The molecule has 0 saturated carbocycles. The molecule has 4 nitrogen and oxygen atoms in total. The second-order valence-corrected chi connectivity index (χ2v) is 7.32. The van der Waals surface area contributed by atoms with Gasteiger partial charge >= 0.3 is 5.97 Å². The topological polar surface area (TPSA) is 44.8 Å². The zero-order valence-corrected chi connectivity index (χ0v) is 16.7. The number of methoxy groups -OCH3 is 1. The highest BCUT2D eigenvalue weighted by Crippen LogP contribution is 2.31. The summed E-state index contributed by atoms with van der Waals surface area (Å²) in [5.41, 5.74) is 0. The van der Waals surface area contributed by atoms with Crippen LogP contribution in [0.5, 0.6) is 0 Å². The molecule has 0 spiro atoms. The van der Waals surface area contributed by atoms with Crippen molar-refractivity contribution < 1.29 is 19.0 Å². The van der Waals surface area contributed by atoms with E-state index < -0.39 is 5.79 Å². The first kappa shape index (κ1) is 22.4. The van der Waals surface area contributed by atoms with Crippen LogP contribution in [0.25, 0.3) is 0 Å². The Labute approximate surface area is 155 Å². The largest absolute Gasteiger partial charge is 0.469 e. The lowest BCUT2D eigenvalue weighted by Gasteiger charge is -2.27. The Bertz CT molecular complexity index is 324. The zero-order valence-electron chi connectivity index (χ0n) is 16.7. The molecule has 4 heteroatoms. The smallest absolute Gasteiger partial charge is 0.305 e. The fourth-order valence-electron chi connectivity index (χ4n) is 3.54. The molecule has 0 amide bonds. The SMILES string of the molecule is CCCCCCCCCCCCCCC1(CCC(=O)OC)OCCO1. The van der Waals surface area contributed by atoms with Crippen LogP contribution in [-0.4, -0.2) is 32.1 Å². The maximum atomic E-state index is 11.4. The number of ether oxygens (including phenoxy) is 3. The Morgan fingerprint density at radius 3 is 1.76 bits per heavy atom. The van der Waals surface area contributed by atoms with E-state index in [9.17, 15) is 4.79 Å². The molecule has 148 valence electrons. The van der Waals surface area contributed by atoms with Crippen molar-refractivity contribution in [2.45, 2.75) is 109 Å². The molecule has 0 aromatic rings. The Balaban J connectivity index is 1.97. The van der Waals surface area contributed by atoms with E-state index in [1.54, 1.807) is 0 Å². The van der Waals surface area contributed by atoms with Crippen LogP contribution in [0.4, 0.5) is 0 Å². The van der Waals surface area contributed by atoms with E-state index in [2.05, 4.69) is 6.92 Å². The number of hydrogen-bond acceptors (Lipinski definition) is 4. The van der Waals surface area contributed by atoms with Crippen molar-refractivity contribution in [2.75, 3.05) is 20.3 Å². The van der Waals surface area contributed by atoms with Crippen LogP contribution in [0.2, 0.25) is 0 Å². The lowest BCUT2D eigenvalue weighted by atomic mass is 10.0. The quantitative estimate of drug-likeness (QED) is 0.260. The molecule has 1 rings (SSSR count). The number of unbranched alkanes of at least 4 members (excludes halogenated alkanes) is 11. The van der Waals surface area contributed by atoms with Crippen molar-refractivity contribution in [2.24, 2.45) is 0 Å². The van der Waals surface area contributed by atoms with E-state index >= 15 is 0 Å². The molecule has 1 aliphatic rings. The highest BCUT2D eigenvalue weighted by atomic mass is 16.7. The molecule has 1 saturated heterocycles. The van der Waals surface area contributed by atoms with Crippen molar-refractivity contribution >= 4 is 5.97 Å². The second-order valence-electron chi connectivity index (χ2n) is 7.32. The molecule has 0 atom stereocenters. The van der Waals surface area contributed by atoms with Gasteiger partial charge < -0.3 is 14.2 Å². The summed E-state index contributed by atoms with van der Waals surface area (Å²) in [6.07, 6.45) is 18.0. The first-order chi connectivity index (χ1) is 12.2. The molecule has 0 aromatic heterocycles. The van der Waals surface area contributed by atoms with Crippen molar-refractivity contribution in [1.82, 2.24) is 0 Å². The molecular weight excluding hydrogens is 316 g/mol. The van der Waals surface area contributed by atoms with Gasteiger partial charge in [0.05, 0.1) is 26.7 Å². The highest BCUT2D eigenvalue weighted by Gasteiger charge is 2.36. The minimum Gasteiger partial charge on any atom is -0.469 e. The van der Waals surface area contributed by atoms with Crippen molar-refractivity contribution in [3.63, 3.8) is 0 Å². The molecular formula is C21H40O4. The van der Waals surface area contributed by atoms with Crippen molar-refractivity contribution in [1.29, 1.82) is 0 Å². The monoisotopic (exact) mass is 356 g/mol. The zero-order chi connectivity index (χ0) is 18.2. The first-order valence-electron chi connectivity index (χ1n) is 10.6. The van der Waals surface area contributed by atoms with Gasteiger partial charge in [-0.3, -0.25) is 4.79 Å². The second kappa shape index (κ2) is 14.5. The van der Waals surface area contributed by atoms with E-state index in [0.717, 1.165) is 12.8 Å². The van der Waals surface area contributed by atoms with Gasteiger partial charge in [-0.1, -0.05) is 77.6 Å². The average Bonchev–Trinajstić information content (AvgIpc) is 3.10. The summed E-state index contributed by atoms with van der Waals surface area (Å²) in [6.45, 7) is 3.55.